The van der Waals surface area contributed by atoms with Crippen LogP contribution in [0.4, 0.5) is 0 Å². The third kappa shape index (κ3) is 5.23. The number of furan rings is 1. The monoisotopic (exact) mass is 252 g/mol. The van der Waals surface area contributed by atoms with Gasteiger partial charge in [0.05, 0.1) is 12.8 Å². The lowest BCUT2D eigenvalue weighted by Crippen LogP contribution is -2.27. The highest BCUT2D eigenvalue weighted by molar-refractivity contribution is 5.12. The Hall–Kier alpha value is -0.800. The Kier molecular flexibility index (Phi) is 7.06. The molecule has 1 unspecified atom stereocenters. The van der Waals surface area contributed by atoms with Crippen molar-refractivity contribution in [3.8, 4) is 0 Å². The van der Waals surface area contributed by atoms with Gasteiger partial charge in [-0.1, -0.05) is 34.1 Å². The Morgan fingerprint density at radius 3 is 2.72 bits per heavy atom. The summed E-state index contributed by atoms with van der Waals surface area (Å²) in [6.45, 7) is 13.9. The summed E-state index contributed by atoms with van der Waals surface area (Å²) in [7, 11) is 0. The molecule has 1 heterocycles. The summed E-state index contributed by atoms with van der Waals surface area (Å²) in [6.07, 6.45) is 3.11. The fraction of sp³-hybridized carbons (Fsp3) is 0.733. The van der Waals surface area contributed by atoms with Crippen molar-refractivity contribution in [1.82, 2.24) is 10.2 Å². The zero-order valence-corrected chi connectivity index (χ0v) is 12.3. The van der Waals surface area contributed by atoms with E-state index in [9.17, 15) is 0 Å². The molecule has 0 saturated heterocycles. The molecule has 1 N–H and O–H groups in total. The summed E-state index contributed by atoms with van der Waals surface area (Å²) < 4.78 is 5.63. The predicted molar refractivity (Wildman–Crippen MR) is 76.5 cm³/mol. The second-order valence-corrected chi connectivity index (χ2v) is 5.04. The average Bonchev–Trinajstić information content (AvgIpc) is 2.82. The summed E-state index contributed by atoms with van der Waals surface area (Å²) in [5.74, 6) is 1.83. The van der Waals surface area contributed by atoms with Crippen molar-refractivity contribution < 1.29 is 4.42 Å². The Morgan fingerprint density at radius 2 is 2.11 bits per heavy atom. The van der Waals surface area contributed by atoms with Crippen molar-refractivity contribution in [2.45, 2.75) is 47.2 Å². The molecule has 0 aliphatic carbocycles. The van der Waals surface area contributed by atoms with E-state index >= 15 is 0 Å². The van der Waals surface area contributed by atoms with Crippen LogP contribution in [0.2, 0.25) is 0 Å². The Balaban J connectivity index is 2.46. The third-order valence-corrected chi connectivity index (χ3v) is 3.38. The first-order valence-electron chi connectivity index (χ1n) is 7.18. The van der Waals surface area contributed by atoms with Crippen molar-refractivity contribution in [1.29, 1.82) is 0 Å². The maximum atomic E-state index is 5.63. The molecule has 104 valence electrons. The van der Waals surface area contributed by atoms with E-state index in [0.29, 0.717) is 0 Å². The van der Waals surface area contributed by atoms with Gasteiger partial charge in [0.2, 0.25) is 0 Å². The van der Waals surface area contributed by atoms with Gasteiger partial charge in [0.25, 0.3) is 0 Å². The van der Waals surface area contributed by atoms with Crippen LogP contribution in [0.25, 0.3) is 0 Å². The minimum Gasteiger partial charge on any atom is -0.468 e. The first-order valence-corrected chi connectivity index (χ1v) is 7.18. The molecule has 3 heteroatoms. The van der Waals surface area contributed by atoms with Crippen LogP contribution in [0.1, 0.15) is 45.4 Å². The number of rotatable bonds is 9. The lowest BCUT2D eigenvalue weighted by atomic mass is 10.1. The topological polar surface area (TPSA) is 28.4 Å². The molecule has 1 atom stereocenters. The van der Waals surface area contributed by atoms with Gasteiger partial charge in [0.1, 0.15) is 5.76 Å². The molecule has 0 spiro atoms. The van der Waals surface area contributed by atoms with Crippen molar-refractivity contribution in [3.05, 3.63) is 23.7 Å². The van der Waals surface area contributed by atoms with Crippen LogP contribution >= 0.6 is 0 Å². The second kappa shape index (κ2) is 8.33. The van der Waals surface area contributed by atoms with E-state index in [4.69, 9.17) is 4.42 Å². The van der Waals surface area contributed by atoms with Gasteiger partial charge in [-0.2, -0.15) is 0 Å². The largest absolute Gasteiger partial charge is 0.468 e. The zero-order chi connectivity index (χ0) is 13.4. The van der Waals surface area contributed by atoms with Gasteiger partial charge < -0.3 is 9.73 Å². The van der Waals surface area contributed by atoms with Gasteiger partial charge in [-0.15, -0.1) is 0 Å². The maximum absolute atomic E-state index is 5.63. The smallest absolute Gasteiger partial charge is 0.118 e. The molecule has 0 saturated carbocycles. The Bertz CT molecular complexity index is 322. The second-order valence-electron chi connectivity index (χ2n) is 5.04. The highest BCUT2D eigenvalue weighted by Gasteiger charge is 2.10. The highest BCUT2D eigenvalue weighted by atomic mass is 16.3. The van der Waals surface area contributed by atoms with E-state index in [-0.39, 0.29) is 0 Å². The molecule has 0 bridgehead atoms. The summed E-state index contributed by atoms with van der Waals surface area (Å²) in [5, 5.41) is 3.31. The molecule has 1 aromatic rings. The molecule has 0 fully saturated rings. The predicted octanol–water partition coefficient (Wildman–Crippen LogP) is 3.26. The fourth-order valence-corrected chi connectivity index (χ4v) is 1.97. The van der Waals surface area contributed by atoms with E-state index in [1.165, 1.54) is 12.0 Å². The van der Waals surface area contributed by atoms with Crippen LogP contribution in [0.5, 0.6) is 0 Å². The quantitative estimate of drug-likeness (QED) is 0.731. The van der Waals surface area contributed by atoms with Gasteiger partial charge in [-0.3, -0.25) is 4.90 Å². The van der Waals surface area contributed by atoms with E-state index in [0.717, 1.165) is 44.4 Å². The molecule has 1 rings (SSSR count). The molecule has 0 radical (unpaired) electrons. The molecule has 0 aromatic carbocycles. The first-order chi connectivity index (χ1) is 8.69. The summed E-state index contributed by atoms with van der Waals surface area (Å²) >= 11 is 0. The van der Waals surface area contributed by atoms with Gasteiger partial charge in [0.15, 0.2) is 0 Å². The van der Waals surface area contributed by atoms with Crippen molar-refractivity contribution in [2.75, 3.05) is 19.6 Å². The minimum absolute atomic E-state index is 0.751. The third-order valence-electron chi connectivity index (χ3n) is 3.38. The van der Waals surface area contributed by atoms with Gasteiger partial charge in [-0.05, 0) is 25.1 Å². The lowest BCUT2D eigenvalue weighted by Gasteiger charge is -2.22. The minimum atomic E-state index is 0.751. The van der Waals surface area contributed by atoms with Gasteiger partial charge in [-0.25, -0.2) is 0 Å². The van der Waals surface area contributed by atoms with Crippen LogP contribution in [0.15, 0.2) is 16.7 Å². The molecule has 0 amide bonds. The van der Waals surface area contributed by atoms with E-state index in [2.05, 4.69) is 44.0 Å². The van der Waals surface area contributed by atoms with Crippen molar-refractivity contribution >= 4 is 0 Å². The summed E-state index contributed by atoms with van der Waals surface area (Å²) in [4.78, 5) is 2.45. The zero-order valence-electron chi connectivity index (χ0n) is 12.3. The van der Waals surface area contributed by atoms with Gasteiger partial charge >= 0.3 is 0 Å². The molecule has 0 aliphatic rings. The molecular weight excluding hydrogens is 224 g/mol. The lowest BCUT2D eigenvalue weighted by molar-refractivity contribution is 0.221. The molecular formula is C15H28N2O. The van der Waals surface area contributed by atoms with Crippen LogP contribution < -0.4 is 5.32 Å². The van der Waals surface area contributed by atoms with E-state index in [1.54, 1.807) is 0 Å². The Morgan fingerprint density at radius 1 is 1.33 bits per heavy atom. The van der Waals surface area contributed by atoms with Gasteiger partial charge in [0, 0.05) is 18.7 Å². The average molecular weight is 252 g/mol. The normalized spacial score (nSPS) is 13.2. The van der Waals surface area contributed by atoms with Crippen LogP contribution in [-0.4, -0.2) is 24.5 Å². The highest BCUT2D eigenvalue weighted by Crippen LogP contribution is 2.12. The Labute approximate surface area is 112 Å². The van der Waals surface area contributed by atoms with E-state index in [1.807, 2.05) is 6.26 Å². The molecule has 1 aromatic heterocycles. The first kappa shape index (κ1) is 15.3. The number of nitrogens with zero attached hydrogens (tertiary/aromatic N) is 1. The van der Waals surface area contributed by atoms with Crippen LogP contribution in [-0.2, 0) is 13.1 Å². The number of nitrogens with one attached hydrogen (secondary N) is 1. The maximum Gasteiger partial charge on any atom is 0.118 e. The SMILES string of the molecule is CCNCc1coc(CN(CC)CC(C)CC)c1. The molecule has 18 heavy (non-hydrogen) atoms. The van der Waals surface area contributed by atoms with Crippen LogP contribution in [0, 0.1) is 5.92 Å². The van der Waals surface area contributed by atoms with Crippen molar-refractivity contribution in [2.24, 2.45) is 5.92 Å². The fourth-order valence-electron chi connectivity index (χ4n) is 1.97. The molecule has 0 aliphatic heterocycles. The summed E-state index contributed by atoms with van der Waals surface area (Å²) in [5.41, 5.74) is 1.24. The number of hydrogen-bond acceptors (Lipinski definition) is 3. The standard InChI is InChI=1S/C15H28N2O/c1-5-13(4)10-17(7-3)11-15-8-14(12-18-15)9-16-6-2/h8,12-13,16H,5-7,9-11H2,1-4H3. The van der Waals surface area contributed by atoms with Crippen molar-refractivity contribution in [3.63, 3.8) is 0 Å². The van der Waals surface area contributed by atoms with Crippen LogP contribution in [0.3, 0.4) is 0 Å². The molecule has 3 nitrogen and oxygen atoms in total. The van der Waals surface area contributed by atoms with E-state index < -0.39 is 0 Å². The number of hydrogen-bond donors (Lipinski definition) is 1. The summed E-state index contributed by atoms with van der Waals surface area (Å²) in [6, 6.07) is 2.17.